The van der Waals surface area contributed by atoms with Gasteiger partial charge < -0.3 is 5.73 Å². The molecule has 2 aromatic carbocycles. The molecule has 4 rings (SSSR count). The number of halogens is 1. The zero-order chi connectivity index (χ0) is 18.3. The van der Waals surface area contributed by atoms with Crippen LogP contribution in [0.15, 0.2) is 54.6 Å². The Hall–Kier alpha value is -3.38. The van der Waals surface area contributed by atoms with Crippen molar-refractivity contribution in [2.24, 2.45) is 0 Å². The third-order valence-corrected chi connectivity index (χ3v) is 4.31. The number of carbonyl (C=O) groups excluding carboxylic acids is 2. The molecule has 0 fully saturated rings. The highest BCUT2D eigenvalue weighted by molar-refractivity contribution is 6.34. The molecule has 0 bridgehead atoms. The Morgan fingerprint density at radius 3 is 2.38 bits per heavy atom. The number of para-hydroxylation sites is 1. The second kappa shape index (κ2) is 6.16. The summed E-state index contributed by atoms with van der Waals surface area (Å²) < 4.78 is 1.46. The molecule has 0 spiro atoms. The second-order valence-corrected chi connectivity index (χ2v) is 6.19. The smallest absolute Gasteiger partial charge is 0.264 e. The quantitative estimate of drug-likeness (QED) is 0.540. The number of rotatable bonds is 2. The zero-order valence-electron chi connectivity index (χ0n) is 13.4. The van der Waals surface area contributed by atoms with Gasteiger partial charge in [0.05, 0.1) is 11.3 Å². The van der Waals surface area contributed by atoms with Crippen LogP contribution in [0.2, 0.25) is 5.02 Å². The Kier molecular flexibility index (Phi) is 3.82. The molecule has 0 radical (unpaired) electrons. The lowest BCUT2D eigenvalue weighted by Gasteiger charge is -2.13. The van der Waals surface area contributed by atoms with E-state index in [1.165, 1.54) is 4.68 Å². The van der Waals surface area contributed by atoms with Crippen LogP contribution in [-0.4, -0.2) is 21.6 Å². The highest BCUT2D eigenvalue weighted by atomic mass is 35.5. The molecule has 0 aliphatic carbocycles. The molecule has 1 aromatic heterocycles. The maximum atomic E-state index is 12.4. The molecule has 2 amide bonds. The van der Waals surface area contributed by atoms with Gasteiger partial charge >= 0.3 is 0 Å². The lowest BCUT2D eigenvalue weighted by Crippen LogP contribution is -2.36. The molecule has 6 nitrogen and oxygen atoms in total. The summed E-state index contributed by atoms with van der Waals surface area (Å²) in [6, 6.07) is 16.2. The lowest BCUT2D eigenvalue weighted by molar-refractivity contribution is -0.114. The average Bonchev–Trinajstić information content (AvgIpc) is 2.99. The van der Waals surface area contributed by atoms with Gasteiger partial charge in [0.15, 0.2) is 0 Å². The van der Waals surface area contributed by atoms with Crippen LogP contribution in [0.1, 0.15) is 21.6 Å². The largest absolute Gasteiger partial charge is 0.383 e. The van der Waals surface area contributed by atoms with Gasteiger partial charge in [0.2, 0.25) is 0 Å². The first-order chi connectivity index (χ1) is 12.5. The van der Waals surface area contributed by atoms with E-state index in [0.717, 1.165) is 5.56 Å². The van der Waals surface area contributed by atoms with E-state index >= 15 is 0 Å². The van der Waals surface area contributed by atoms with Crippen LogP contribution < -0.4 is 11.1 Å². The molecule has 3 aromatic rings. The number of fused-ring (bicyclic) bond motifs is 1. The summed E-state index contributed by atoms with van der Waals surface area (Å²) in [5.74, 6) is -0.897. The lowest BCUT2D eigenvalue weighted by atomic mass is 10.00. The number of imide groups is 1. The van der Waals surface area contributed by atoms with E-state index in [1.807, 2.05) is 30.3 Å². The van der Waals surface area contributed by atoms with Crippen LogP contribution in [0.5, 0.6) is 0 Å². The minimum absolute atomic E-state index is 0.179. The molecule has 0 unspecified atom stereocenters. The molecule has 0 saturated heterocycles. The number of hydrogen-bond donors (Lipinski definition) is 2. The number of anilines is 1. The second-order valence-electron chi connectivity index (χ2n) is 5.75. The first-order valence-corrected chi connectivity index (χ1v) is 8.19. The van der Waals surface area contributed by atoms with Gasteiger partial charge in [0, 0.05) is 5.02 Å². The fourth-order valence-corrected chi connectivity index (χ4v) is 2.94. The van der Waals surface area contributed by atoms with Crippen LogP contribution in [0, 0.1) is 0 Å². The van der Waals surface area contributed by atoms with Crippen molar-refractivity contribution in [1.82, 2.24) is 15.1 Å². The summed E-state index contributed by atoms with van der Waals surface area (Å²) >= 11 is 5.90. The Balaban J connectivity index is 1.90. The van der Waals surface area contributed by atoms with E-state index in [-0.39, 0.29) is 22.6 Å². The Labute approximate surface area is 153 Å². The molecule has 7 heteroatoms. The van der Waals surface area contributed by atoms with Gasteiger partial charge in [-0.3, -0.25) is 14.9 Å². The fourth-order valence-electron chi connectivity index (χ4n) is 2.81. The van der Waals surface area contributed by atoms with Gasteiger partial charge in [0.1, 0.15) is 17.1 Å². The van der Waals surface area contributed by atoms with Crippen molar-refractivity contribution < 1.29 is 9.59 Å². The Bertz CT molecular complexity index is 1050. The monoisotopic (exact) mass is 364 g/mol. The Morgan fingerprint density at radius 1 is 1.00 bits per heavy atom. The SMILES string of the molecule is Nc1c2c(nn1-c1ccccc1)/C(=C\c1ccc(Cl)cc1)C(=O)NC2=O. The number of aromatic nitrogens is 2. The normalized spacial score (nSPS) is 15.0. The van der Waals surface area contributed by atoms with Crippen molar-refractivity contribution >= 4 is 40.9 Å². The molecule has 128 valence electrons. The maximum absolute atomic E-state index is 12.4. The van der Waals surface area contributed by atoms with Crippen molar-refractivity contribution in [2.45, 2.75) is 0 Å². The molecular formula is C19H13ClN4O2. The average molecular weight is 365 g/mol. The van der Waals surface area contributed by atoms with E-state index in [0.29, 0.717) is 10.7 Å². The van der Waals surface area contributed by atoms with Gasteiger partial charge in [-0.2, -0.15) is 5.10 Å². The van der Waals surface area contributed by atoms with Crippen LogP contribution in [-0.2, 0) is 4.79 Å². The zero-order valence-corrected chi connectivity index (χ0v) is 14.2. The van der Waals surface area contributed by atoms with Crippen molar-refractivity contribution in [3.8, 4) is 5.69 Å². The topological polar surface area (TPSA) is 90.0 Å². The van der Waals surface area contributed by atoms with Crippen LogP contribution in [0.25, 0.3) is 17.3 Å². The molecule has 3 N–H and O–H groups in total. The van der Waals surface area contributed by atoms with E-state index in [4.69, 9.17) is 17.3 Å². The van der Waals surface area contributed by atoms with Gasteiger partial charge in [-0.15, -0.1) is 0 Å². The summed E-state index contributed by atoms with van der Waals surface area (Å²) in [7, 11) is 0. The first kappa shape index (κ1) is 16.1. The number of nitrogens with zero attached hydrogens (tertiary/aromatic N) is 2. The number of carbonyl (C=O) groups is 2. The molecule has 2 heterocycles. The van der Waals surface area contributed by atoms with E-state index < -0.39 is 11.8 Å². The molecule has 1 aliphatic rings. The van der Waals surface area contributed by atoms with Crippen molar-refractivity contribution in [3.05, 3.63) is 76.4 Å². The van der Waals surface area contributed by atoms with Crippen LogP contribution >= 0.6 is 11.6 Å². The molecule has 26 heavy (non-hydrogen) atoms. The van der Waals surface area contributed by atoms with Gasteiger partial charge in [-0.25, -0.2) is 4.68 Å². The van der Waals surface area contributed by atoms with Gasteiger partial charge in [-0.05, 0) is 35.9 Å². The van der Waals surface area contributed by atoms with Crippen molar-refractivity contribution in [3.63, 3.8) is 0 Å². The molecule has 0 atom stereocenters. The molecular weight excluding hydrogens is 352 g/mol. The number of nitrogens with two attached hydrogens (primary N) is 1. The number of benzene rings is 2. The minimum Gasteiger partial charge on any atom is -0.383 e. The maximum Gasteiger partial charge on any atom is 0.264 e. The predicted octanol–water partition coefficient (Wildman–Crippen LogP) is 2.92. The highest BCUT2D eigenvalue weighted by Crippen LogP contribution is 2.31. The summed E-state index contributed by atoms with van der Waals surface area (Å²) in [5, 5.41) is 7.34. The summed E-state index contributed by atoms with van der Waals surface area (Å²) in [6.07, 6.45) is 1.65. The highest BCUT2D eigenvalue weighted by Gasteiger charge is 2.34. The third kappa shape index (κ3) is 2.66. The van der Waals surface area contributed by atoms with Gasteiger partial charge in [-0.1, -0.05) is 41.9 Å². The van der Waals surface area contributed by atoms with Crippen molar-refractivity contribution in [1.29, 1.82) is 0 Å². The third-order valence-electron chi connectivity index (χ3n) is 4.06. The van der Waals surface area contributed by atoms with Gasteiger partial charge in [0.25, 0.3) is 11.8 Å². The molecule has 1 aliphatic heterocycles. The summed E-state index contributed by atoms with van der Waals surface area (Å²) in [5.41, 5.74) is 8.32. The summed E-state index contributed by atoms with van der Waals surface area (Å²) in [6.45, 7) is 0. The standard InChI is InChI=1S/C19H13ClN4O2/c20-12-8-6-11(7-9-12)10-14-16-15(19(26)22-18(14)25)17(21)24(23-16)13-4-2-1-3-5-13/h1-10H,21H2,(H,22,25,26)/b14-10+. The molecule has 0 saturated carbocycles. The summed E-state index contributed by atoms with van der Waals surface area (Å²) in [4.78, 5) is 24.7. The van der Waals surface area contributed by atoms with Crippen molar-refractivity contribution in [2.75, 3.05) is 5.73 Å². The predicted molar refractivity (Wildman–Crippen MR) is 99.8 cm³/mol. The number of amides is 2. The van der Waals surface area contributed by atoms with E-state index in [9.17, 15) is 9.59 Å². The Morgan fingerprint density at radius 2 is 1.69 bits per heavy atom. The van der Waals surface area contributed by atoms with E-state index in [1.54, 1.807) is 30.3 Å². The number of hydrogen-bond acceptors (Lipinski definition) is 4. The minimum atomic E-state index is -0.557. The number of nitrogen functional groups attached to an aromatic ring is 1. The van der Waals surface area contributed by atoms with Crippen LogP contribution in [0.3, 0.4) is 0 Å². The van der Waals surface area contributed by atoms with Crippen LogP contribution in [0.4, 0.5) is 5.82 Å². The van der Waals surface area contributed by atoms with E-state index in [2.05, 4.69) is 10.4 Å². The first-order valence-electron chi connectivity index (χ1n) is 7.82. The number of nitrogens with one attached hydrogen (secondary N) is 1. The fraction of sp³-hybridized carbons (Fsp3) is 0.